The molecule has 0 radical (unpaired) electrons. The van der Waals surface area contributed by atoms with Crippen LogP contribution in [-0.4, -0.2) is 28.3 Å². The highest BCUT2D eigenvalue weighted by atomic mass is 35.5. The van der Waals surface area contributed by atoms with Gasteiger partial charge in [-0.1, -0.05) is 30.1 Å². The van der Waals surface area contributed by atoms with Crippen LogP contribution in [0.4, 0.5) is 5.95 Å². The molecular weight excluding hydrogens is 377 g/mol. The number of nitrogens with zero attached hydrogens (tertiary/aromatic N) is 2. The molecule has 0 fully saturated rings. The van der Waals surface area contributed by atoms with E-state index in [1.807, 2.05) is 6.92 Å². The van der Waals surface area contributed by atoms with Crippen molar-refractivity contribution in [1.29, 1.82) is 0 Å². The fourth-order valence-corrected chi connectivity index (χ4v) is 3.38. The molecule has 0 saturated heterocycles. The van der Waals surface area contributed by atoms with Crippen LogP contribution in [0.3, 0.4) is 0 Å². The molecule has 1 aliphatic carbocycles. The molecule has 1 amide bonds. The molecule has 2 aromatic rings. The molecule has 1 heterocycles. The summed E-state index contributed by atoms with van der Waals surface area (Å²) < 4.78 is 5.39. The molecule has 26 heavy (non-hydrogen) atoms. The second kappa shape index (κ2) is 7.60. The van der Waals surface area contributed by atoms with Gasteiger partial charge in [0.25, 0.3) is 5.91 Å². The minimum Gasteiger partial charge on any atom is -0.482 e. The van der Waals surface area contributed by atoms with E-state index in [1.54, 1.807) is 19.1 Å². The van der Waals surface area contributed by atoms with Gasteiger partial charge in [-0.05, 0) is 37.5 Å². The van der Waals surface area contributed by atoms with E-state index in [9.17, 15) is 9.59 Å². The number of ether oxygens (including phenoxy) is 1. The van der Waals surface area contributed by atoms with E-state index in [0.29, 0.717) is 45.6 Å². The lowest BCUT2D eigenvalue weighted by Gasteiger charge is -2.21. The third-order valence-corrected chi connectivity index (χ3v) is 4.55. The number of benzene rings is 1. The van der Waals surface area contributed by atoms with Crippen molar-refractivity contribution in [3.8, 4) is 5.75 Å². The molecule has 0 unspecified atom stereocenters. The van der Waals surface area contributed by atoms with Crippen LogP contribution in [0, 0.1) is 12.8 Å². The summed E-state index contributed by atoms with van der Waals surface area (Å²) in [6.07, 6.45) is 1.18. The maximum atomic E-state index is 12.2. The van der Waals surface area contributed by atoms with Gasteiger partial charge in [-0.25, -0.2) is 9.97 Å². The number of amides is 1. The Hall–Kier alpha value is -2.18. The summed E-state index contributed by atoms with van der Waals surface area (Å²) in [5, 5.41) is 3.40. The van der Waals surface area contributed by atoms with E-state index < -0.39 is 5.91 Å². The molecule has 0 spiro atoms. The quantitative estimate of drug-likeness (QED) is 0.852. The molecule has 6 nitrogen and oxygen atoms in total. The second-order valence-corrected chi connectivity index (χ2v) is 7.15. The third-order valence-electron chi connectivity index (χ3n) is 4.02. The predicted molar refractivity (Wildman–Crippen MR) is 99.2 cm³/mol. The molecule has 1 aromatic carbocycles. The summed E-state index contributed by atoms with van der Waals surface area (Å²) in [5.74, 6) is 0.371. The number of rotatable bonds is 4. The number of ketones is 1. The van der Waals surface area contributed by atoms with E-state index in [0.717, 1.165) is 0 Å². The first-order valence-electron chi connectivity index (χ1n) is 8.12. The highest BCUT2D eigenvalue weighted by Crippen LogP contribution is 2.28. The minimum absolute atomic E-state index is 0.0508. The lowest BCUT2D eigenvalue weighted by molar-refractivity contribution is -0.118. The molecular formula is C18H17Cl2N3O3. The Morgan fingerprint density at radius 2 is 2.08 bits per heavy atom. The smallest absolute Gasteiger partial charge is 0.264 e. The van der Waals surface area contributed by atoms with Crippen molar-refractivity contribution in [2.45, 2.75) is 26.7 Å². The molecule has 0 bridgehead atoms. The Morgan fingerprint density at radius 3 is 2.81 bits per heavy atom. The Balaban J connectivity index is 1.69. The number of carbonyl (C=O) groups is 2. The van der Waals surface area contributed by atoms with Crippen LogP contribution in [0.2, 0.25) is 10.0 Å². The Labute approximate surface area is 160 Å². The van der Waals surface area contributed by atoms with Gasteiger partial charge in [0, 0.05) is 11.4 Å². The fraction of sp³-hybridized carbons (Fsp3) is 0.333. The average molecular weight is 394 g/mol. The number of nitrogens with one attached hydrogen (secondary N) is 1. The molecule has 1 atom stereocenters. The van der Waals surface area contributed by atoms with E-state index >= 15 is 0 Å². The van der Waals surface area contributed by atoms with Crippen LogP contribution in [-0.2, 0) is 11.2 Å². The van der Waals surface area contributed by atoms with Crippen molar-refractivity contribution >= 4 is 40.8 Å². The van der Waals surface area contributed by atoms with E-state index in [1.165, 1.54) is 6.07 Å². The van der Waals surface area contributed by atoms with Gasteiger partial charge in [0.15, 0.2) is 12.4 Å². The number of anilines is 1. The summed E-state index contributed by atoms with van der Waals surface area (Å²) in [7, 11) is 0. The van der Waals surface area contributed by atoms with Gasteiger partial charge in [-0.2, -0.15) is 0 Å². The van der Waals surface area contributed by atoms with Crippen LogP contribution in [0.1, 0.15) is 35.1 Å². The van der Waals surface area contributed by atoms with Gasteiger partial charge in [0.05, 0.1) is 22.0 Å². The molecule has 1 aromatic heterocycles. The van der Waals surface area contributed by atoms with Crippen molar-refractivity contribution in [3.63, 3.8) is 0 Å². The molecule has 136 valence electrons. The first-order valence-corrected chi connectivity index (χ1v) is 8.87. The Morgan fingerprint density at radius 1 is 1.31 bits per heavy atom. The number of halogens is 2. The summed E-state index contributed by atoms with van der Waals surface area (Å²) >= 11 is 11.8. The van der Waals surface area contributed by atoms with Gasteiger partial charge in [0.2, 0.25) is 5.95 Å². The normalized spacial score (nSPS) is 16.2. The maximum Gasteiger partial charge on any atom is 0.264 e. The zero-order valence-electron chi connectivity index (χ0n) is 14.3. The number of aryl methyl sites for hydroxylation is 1. The highest BCUT2D eigenvalue weighted by molar-refractivity contribution is 6.35. The lowest BCUT2D eigenvalue weighted by Crippen LogP contribution is -2.25. The Bertz CT molecular complexity index is 886. The molecule has 8 heteroatoms. The molecule has 3 rings (SSSR count). The van der Waals surface area contributed by atoms with Crippen LogP contribution in [0.5, 0.6) is 5.75 Å². The standard InChI is InChI=1S/C18H17Cl2N3O3/c1-9-5-13-17(14(24)6-9)10(2)21-18(22-13)23-16(25)8-26-15-4-3-11(19)7-12(15)20/h3-4,7,9H,5-6,8H2,1-2H3,(H,21,22,23,25)/t9-/m0/s1. The summed E-state index contributed by atoms with van der Waals surface area (Å²) in [5.41, 5.74) is 1.83. The second-order valence-electron chi connectivity index (χ2n) is 6.30. The van der Waals surface area contributed by atoms with E-state index in [4.69, 9.17) is 27.9 Å². The zero-order chi connectivity index (χ0) is 18.8. The Kier molecular flexibility index (Phi) is 5.44. The number of hydrogen-bond acceptors (Lipinski definition) is 5. The van der Waals surface area contributed by atoms with E-state index in [-0.39, 0.29) is 24.3 Å². The zero-order valence-corrected chi connectivity index (χ0v) is 15.8. The fourth-order valence-electron chi connectivity index (χ4n) is 2.92. The minimum atomic E-state index is -0.425. The number of carbonyl (C=O) groups excluding carboxylic acids is 2. The van der Waals surface area contributed by atoms with Crippen molar-refractivity contribution in [2.75, 3.05) is 11.9 Å². The number of aromatic nitrogens is 2. The first-order chi connectivity index (χ1) is 12.3. The van der Waals surface area contributed by atoms with Crippen LogP contribution < -0.4 is 10.1 Å². The largest absolute Gasteiger partial charge is 0.482 e. The highest BCUT2D eigenvalue weighted by Gasteiger charge is 2.26. The maximum absolute atomic E-state index is 12.2. The van der Waals surface area contributed by atoms with Gasteiger partial charge in [-0.15, -0.1) is 0 Å². The van der Waals surface area contributed by atoms with Gasteiger partial charge >= 0.3 is 0 Å². The lowest BCUT2D eigenvalue weighted by atomic mass is 9.86. The first kappa shape index (κ1) is 18.6. The number of Topliss-reactive ketones (excluding diaryl/α,β-unsaturated/α-hetero) is 1. The van der Waals surface area contributed by atoms with Crippen molar-refractivity contribution in [2.24, 2.45) is 5.92 Å². The van der Waals surface area contributed by atoms with Crippen molar-refractivity contribution < 1.29 is 14.3 Å². The summed E-state index contributed by atoms with van der Waals surface area (Å²) in [6.45, 7) is 3.49. The topological polar surface area (TPSA) is 81.2 Å². The average Bonchev–Trinajstić information content (AvgIpc) is 2.52. The van der Waals surface area contributed by atoms with Crippen LogP contribution >= 0.6 is 23.2 Å². The molecule has 1 N–H and O–H groups in total. The molecule has 0 aliphatic heterocycles. The van der Waals surface area contributed by atoms with Gasteiger partial charge in [0.1, 0.15) is 5.75 Å². The molecule has 0 saturated carbocycles. The van der Waals surface area contributed by atoms with Gasteiger partial charge in [-0.3, -0.25) is 14.9 Å². The monoisotopic (exact) mass is 393 g/mol. The van der Waals surface area contributed by atoms with Crippen LogP contribution in [0.25, 0.3) is 0 Å². The number of fused-ring (bicyclic) bond motifs is 1. The van der Waals surface area contributed by atoms with Gasteiger partial charge < -0.3 is 4.74 Å². The van der Waals surface area contributed by atoms with Crippen molar-refractivity contribution in [3.05, 3.63) is 45.2 Å². The summed E-state index contributed by atoms with van der Waals surface area (Å²) in [6, 6.07) is 4.74. The summed E-state index contributed by atoms with van der Waals surface area (Å²) in [4.78, 5) is 32.8. The van der Waals surface area contributed by atoms with Crippen LogP contribution in [0.15, 0.2) is 18.2 Å². The van der Waals surface area contributed by atoms with Crippen molar-refractivity contribution in [1.82, 2.24) is 9.97 Å². The number of hydrogen-bond donors (Lipinski definition) is 1. The molecule has 1 aliphatic rings. The predicted octanol–water partition coefficient (Wildman–Crippen LogP) is 3.87. The SMILES string of the molecule is Cc1nc(NC(=O)COc2ccc(Cl)cc2Cl)nc2c1C(=O)C[C@@H](C)C2. The third kappa shape index (κ3) is 4.14. The van der Waals surface area contributed by atoms with E-state index in [2.05, 4.69) is 15.3 Å².